The fourth-order valence-electron chi connectivity index (χ4n) is 3.24. The predicted octanol–water partition coefficient (Wildman–Crippen LogP) is 4.19. The molecule has 1 fully saturated rings. The summed E-state index contributed by atoms with van der Waals surface area (Å²) in [7, 11) is 0. The normalized spacial score (nSPS) is 15.1. The molecule has 0 bridgehead atoms. The molecule has 1 aliphatic heterocycles. The maximum absolute atomic E-state index is 13.0. The molecule has 5 nitrogen and oxygen atoms in total. The fourth-order valence-corrected chi connectivity index (χ4v) is 3.51. The number of piperidine rings is 1. The van der Waals surface area contributed by atoms with Gasteiger partial charge in [-0.25, -0.2) is 4.79 Å². The van der Waals surface area contributed by atoms with Gasteiger partial charge in [0.15, 0.2) is 0 Å². The van der Waals surface area contributed by atoms with E-state index in [1.807, 2.05) is 59.5 Å². The number of benzene rings is 2. The van der Waals surface area contributed by atoms with Crippen LogP contribution in [0, 0.1) is 0 Å². The van der Waals surface area contributed by atoms with Crippen molar-refractivity contribution >= 4 is 33.6 Å². The van der Waals surface area contributed by atoms with E-state index in [1.54, 1.807) is 0 Å². The van der Waals surface area contributed by atoms with Gasteiger partial charge in [-0.1, -0.05) is 46.3 Å². The van der Waals surface area contributed by atoms with Gasteiger partial charge < -0.3 is 15.5 Å². The van der Waals surface area contributed by atoms with Gasteiger partial charge in [0.2, 0.25) is 5.91 Å². The van der Waals surface area contributed by atoms with Crippen LogP contribution in [-0.4, -0.2) is 36.0 Å². The molecular weight excluding hydrogens is 406 g/mol. The SMILES string of the molecule is O=C(Nc1ccc(Br)cc1)NC(Cc1ccccc1)C(=O)N1CCCCC1. The Bertz CT molecular complexity index is 759. The van der Waals surface area contributed by atoms with Crippen molar-refractivity contribution in [3.63, 3.8) is 0 Å². The van der Waals surface area contributed by atoms with Crippen LogP contribution in [-0.2, 0) is 11.2 Å². The van der Waals surface area contributed by atoms with Gasteiger partial charge >= 0.3 is 6.03 Å². The van der Waals surface area contributed by atoms with Crippen LogP contribution in [0.3, 0.4) is 0 Å². The molecular formula is C21H24BrN3O2. The van der Waals surface area contributed by atoms with E-state index in [4.69, 9.17) is 0 Å². The quantitative estimate of drug-likeness (QED) is 0.747. The maximum Gasteiger partial charge on any atom is 0.319 e. The number of halogens is 1. The molecule has 3 rings (SSSR count). The molecule has 3 amide bonds. The molecule has 6 heteroatoms. The second-order valence-corrected chi connectivity index (χ2v) is 7.65. The first-order valence-corrected chi connectivity index (χ1v) is 10.1. The minimum Gasteiger partial charge on any atom is -0.341 e. The average molecular weight is 430 g/mol. The molecule has 142 valence electrons. The highest BCUT2D eigenvalue weighted by Crippen LogP contribution is 2.15. The standard InChI is InChI=1S/C21H24BrN3O2/c22-17-9-11-18(12-10-17)23-21(27)24-19(15-16-7-3-1-4-8-16)20(26)25-13-5-2-6-14-25/h1,3-4,7-12,19H,2,5-6,13-15H2,(H2,23,24,27). The first kappa shape index (κ1) is 19.4. The monoisotopic (exact) mass is 429 g/mol. The molecule has 0 radical (unpaired) electrons. The molecule has 0 aliphatic carbocycles. The minimum atomic E-state index is -0.582. The second kappa shape index (κ2) is 9.55. The lowest BCUT2D eigenvalue weighted by molar-refractivity contribution is -0.134. The summed E-state index contributed by atoms with van der Waals surface area (Å²) in [6.45, 7) is 1.53. The largest absolute Gasteiger partial charge is 0.341 e. The van der Waals surface area contributed by atoms with Crippen LogP contribution in [0.1, 0.15) is 24.8 Å². The zero-order valence-electron chi connectivity index (χ0n) is 15.2. The summed E-state index contributed by atoms with van der Waals surface area (Å²) in [5.41, 5.74) is 1.70. The van der Waals surface area contributed by atoms with E-state index in [9.17, 15) is 9.59 Å². The van der Waals surface area contributed by atoms with Crippen LogP contribution >= 0.6 is 15.9 Å². The van der Waals surface area contributed by atoms with E-state index in [2.05, 4.69) is 26.6 Å². The van der Waals surface area contributed by atoms with Crippen molar-refractivity contribution in [2.45, 2.75) is 31.7 Å². The van der Waals surface area contributed by atoms with Crippen molar-refractivity contribution < 1.29 is 9.59 Å². The Morgan fingerprint density at radius 2 is 1.63 bits per heavy atom. The lowest BCUT2D eigenvalue weighted by atomic mass is 10.0. The third-order valence-electron chi connectivity index (χ3n) is 4.66. The van der Waals surface area contributed by atoms with E-state index in [1.165, 1.54) is 0 Å². The molecule has 1 saturated heterocycles. The number of hydrogen-bond donors (Lipinski definition) is 2. The minimum absolute atomic E-state index is 0.00971. The van der Waals surface area contributed by atoms with Crippen molar-refractivity contribution in [3.8, 4) is 0 Å². The Balaban J connectivity index is 1.69. The number of nitrogens with zero attached hydrogens (tertiary/aromatic N) is 1. The Morgan fingerprint density at radius 1 is 0.963 bits per heavy atom. The summed E-state index contributed by atoms with van der Waals surface area (Å²) in [6, 6.07) is 16.2. The zero-order chi connectivity index (χ0) is 19.1. The Morgan fingerprint density at radius 3 is 2.30 bits per heavy atom. The van der Waals surface area contributed by atoms with E-state index in [-0.39, 0.29) is 11.9 Å². The molecule has 1 aliphatic rings. The third kappa shape index (κ3) is 5.82. The van der Waals surface area contributed by atoms with Crippen molar-refractivity contribution in [2.75, 3.05) is 18.4 Å². The molecule has 0 aromatic heterocycles. The summed E-state index contributed by atoms with van der Waals surface area (Å²) in [5, 5.41) is 5.67. The lowest BCUT2D eigenvalue weighted by Crippen LogP contribution is -2.52. The van der Waals surface area contributed by atoms with Crippen LogP contribution in [0.2, 0.25) is 0 Å². The predicted molar refractivity (Wildman–Crippen MR) is 111 cm³/mol. The van der Waals surface area contributed by atoms with Crippen LogP contribution in [0.15, 0.2) is 59.1 Å². The van der Waals surface area contributed by atoms with E-state index in [0.717, 1.165) is 42.4 Å². The highest BCUT2D eigenvalue weighted by Gasteiger charge is 2.27. The van der Waals surface area contributed by atoms with Crippen molar-refractivity contribution in [1.29, 1.82) is 0 Å². The van der Waals surface area contributed by atoms with Gasteiger partial charge in [0.25, 0.3) is 0 Å². The molecule has 0 spiro atoms. The highest BCUT2D eigenvalue weighted by molar-refractivity contribution is 9.10. The van der Waals surface area contributed by atoms with E-state index in [0.29, 0.717) is 12.1 Å². The number of nitrogens with one attached hydrogen (secondary N) is 2. The van der Waals surface area contributed by atoms with Crippen LogP contribution in [0.4, 0.5) is 10.5 Å². The number of likely N-dealkylation sites (tertiary alicyclic amines) is 1. The molecule has 2 N–H and O–H groups in total. The summed E-state index contributed by atoms with van der Waals surface area (Å²) in [4.78, 5) is 27.4. The highest BCUT2D eigenvalue weighted by atomic mass is 79.9. The number of anilines is 1. The molecule has 1 heterocycles. The van der Waals surface area contributed by atoms with Gasteiger partial charge in [-0.3, -0.25) is 4.79 Å². The summed E-state index contributed by atoms with van der Waals surface area (Å²) >= 11 is 3.37. The molecule has 2 aromatic rings. The molecule has 27 heavy (non-hydrogen) atoms. The van der Waals surface area contributed by atoms with Crippen molar-refractivity contribution in [3.05, 3.63) is 64.6 Å². The summed E-state index contributed by atoms with van der Waals surface area (Å²) in [6.07, 6.45) is 3.68. The summed E-state index contributed by atoms with van der Waals surface area (Å²) in [5.74, 6) is -0.00971. The number of rotatable bonds is 5. The van der Waals surface area contributed by atoms with E-state index >= 15 is 0 Å². The fraction of sp³-hybridized carbons (Fsp3) is 0.333. The van der Waals surface area contributed by atoms with Gasteiger partial charge in [-0.15, -0.1) is 0 Å². The molecule has 2 aromatic carbocycles. The first-order chi connectivity index (χ1) is 13.1. The van der Waals surface area contributed by atoms with Crippen LogP contribution < -0.4 is 10.6 Å². The third-order valence-corrected chi connectivity index (χ3v) is 5.18. The van der Waals surface area contributed by atoms with Gasteiger partial charge in [0.1, 0.15) is 6.04 Å². The molecule has 0 saturated carbocycles. The van der Waals surface area contributed by atoms with Crippen molar-refractivity contribution in [2.24, 2.45) is 0 Å². The number of amides is 3. The number of urea groups is 1. The Labute approximate surface area is 168 Å². The summed E-state index contributed by atoms with van der Waals surface area (Å²) < 4.78 is 0.940. The smallest absolute Gasteiger partial charge is 0.319 e. The first-order valence-electron chi connectivity index (χ1n) is 9.27. The lowest BCUT2D eigenvalue weighted by Gasteiger charge is -2.31. The zero-order valence-corrected chi connectivity index (χ0v) is 16.7. The van der Waals surface area contributed by atoms with Crippen molar-refractivity contribution in [1.82, 2.24) is 10.2 Å². The molecule has 1 atom stereocenters. The van der Waals surface area contributed by atoms with E-state index < -0.39 is 6.04 Å². The van der Waals surface area contributed by atoms with Gasteiger partial charge in [-0.2, -0.15) is 0 Å². The number of hydrogen-bond acceptors (Lipinski definition) is 2. The number of carbonyl (C=O) groups is 2. The molecule has 1 unspecified atom stereocenters. The van der Waals surface area contributed by atoms with Gasteiger partial charge in [0, 0.05) is 29.7 Å². The van der Waals surface area contributed by atoms with Crippen LogP contribution in [0.25, 0.3) is 0 Å². The second-order valence-electron chi connectivity index (χ2n) is 6.73. The Hall–Kier alpha value is -2.34. The van der Waals surface area contributed by atoms with Gasteiger partial charge in [-0.05, 0) is 49.1 Å². The van der Waals surface area contributed by atoms with Crippen LogP contribution in [0.5, 0.6) is 0 Å². The Kier molecular flexibility index (Phi) is 6.87. The average Bonchev–Trinajstić information content (AvgIpc) is 2.70. The van der Waals surface area contributed by atoms with Gasteiger partial charge in [0.05, 0.1) is 0 Å². The maximum atomic E-state index is 13.0. The topological polar surface area (TPSA) is 61.4 Å². The number of carbonyl (C=O) groups excluding carboxylic acids is 2.